The summed E-state index contributed by atoms with van der Waals surface area (Å²) in [5.74, 6) is 0.0936. The molecule has 104 valence electrons. The van der Waals surface area contributed by atoms with Crippen LogP contribution in [0.2, 0.25) is 0 Å². The first kappa shape index (κ1) is 15.0. The normalized spacial score (nSPS) is 26.1. The van der Waals surface area contributed by atoms with Gasteiger partial charge in [-0.05, 0) is 19.8 Å². The quantitative estimate of drug-likeness (QED) is 0.715. The van der Waals surface area contributed by atoms with Gasteiger partial charge in [0.05, 0.1) is 6.61 Å². The standard InChI is InChI=1S/C13H24N2O3/c1-5-9(3)11-13(17)15(7-8-18-6-2)10(4)12(16)14-11/h9-11H,5-8H2,1-4H3,(H,14,16). The average molecular weight is 256 g/mol. The fourth-order valence-electron chi connectivity index (χ4n) is 2.08. The van der Waals surface area contributed by atoms with Crippen molar-refractivity contribution in [3.63, 3.8) is 0 Å². The Bertz CT molecular complexity index is 307. The molecule has 18 heavy (non-hydrogen) atoms. The first-order chi connectivity index (χ1) is 8.52. The molecule has 1 heterocycles. The number of nitrogens with one attached hydrogen (secondary N) is 1. The van der Waals surface area contributed by atoms with Crippen molar-refractivity contribution in [2.45, 2.75) is 46.2 Å². The highest BCUT2D eigenvalue weighted by Crippen LogP contribution is 2.17. The maximum Gasteiger partial charge on any atom is 0.246 e. The highest BCUT2D eigenvalue weighted by Gasteiger charge is 2.39. The molecule has 1 fully saturated rings. The molecule has 0 saturated carbocycles. The smallest absolute Gasteiger partial charge is 0.246 e. The van der Waals surface area contributed by atoms with Gasteiger partial charge >= 0.3 is 0 Å². The van der Waals surface area contributed by atoms with Crippen LogP contribution in [0.15, 0.2) is 0 Å². The van der Waals surface area contributed by atoms with Gasteiger partial charge in [-0.25, -0.2) is 0 Å². The van der Waals surface area contributed by atoms with E-state index in [1.165, 1.54) is 0 Å². The Morgan fingerprint density at radius 3 is 2.61 bits per heavy atom. The Kier molecular flexibility index (Phi) is 5.59. The van der Waals surface area contributed by atoms with E-state index in [2.05, 4.69) is 5.32 Å². The summed E-state index contributed by atoms with van der Waals surface area (Å²) < 4.78 is 5.26. The largest absolute Gasteiger partial charge is 0.380 e. The summed E-state index contributed by atoms with van der Waals surface area (Å²) in [6.45, 7) is 9.26. The Hall–Kier alpha value is -1.10. The maximum absolute atomic E-state index is 12.3. The third-order valence-corrected chi connectivity index (χ3v) is 3.59. The number of rotatable bonds is 6. The van der Waals surface area contributed by atoms with Crippen LogP contribution in [0, 0.1) is 5.92 Å². The van der Waals surface area contributed by atoms with Gasteiger partial charge in [0.25, 0.3) is 0 Å². The lowest BCUT2D eigenvalue weighted by Gasteiger charge is -2.39. The fraction of sp³-hybridized carbons (Fsp3) is 0.846. The molecule has 0 spiro atoms. The van der Waals surface area contributed by atoms with Crippen LogP contribution in [0.4, 0.5) is 0 Å². The minimum atomic E-state index is -0.404. The third-order valence-electron chi connectivity index (χ3n) is 3.59. The number of carbonyl (C=O) groups is 2. The van der Waals surface area contributed by atoms with Gasteiger partial charge in [-0.15, -0.1) is 0 Å². The van der Waals surface area contributed by atoms with Crippen molar-refractivity contribution in [1.82, 2.24) is 10.2 Å². The van der Waals surface area contributed by atoms with E-state index in [1.54, 1.807) is 11.8 Å². The van der Waals surface area contributed by atoms with Crippen LogP contribution in [0.25, 0.3) is 0 Å². The van der Waals surface area contributed by atoms with Gasteiger partial charge in [-0.1, -0.05) is 20.3 Å². The summed E-state index contributed by atoms with van der Waals surface area (Å²) in [6, 6.07) is -0.793. The molecule has 1 aliphatic heterocycles. The van der Waals surface area contributed by atoms with E-state index in [4.69, 9.17) is 4.74 Å². The summed E-state index contributed by atoms with van der Waals surface area (Å²) in [5.41, 5.74) is 0. The SMILES string of the molecule is CCOCCN1C(=O)C(C(C)CC)NC(=O)C1C. The molecule has 2 amide bonds. The van der Waals surface area contributed by atoms with Gasteiger partial charge in [0.2, 0.25) is 11.8 Å². The molecule has 5 nitrogen and oxygen atoms in total. The monoisotopic (exact) mass is 256 g/mol. The van der Waals surface area contributed by atoms with Crippen molar-refractivity contribution in [2.24, 2.45) is 5.92 Å². The van der Waals surface area contributed by atoms with Gasteiger partial charge < -0.3 is 15.0 Å². The first-order valence-corrected chi connectivity index (χ1v) is 6.71. The Labute approximate surface area is 109 Å². The van der Waals surface area contributed by atoms with Crippen LogP contribution in [0.5, 0.6) is 0 Å². The van der Waals surface area contributed by atoms with Gasteiger partial charge in [-0.2, -0.15) is 0 Å². The maximum atomic E-state index is 12.3. The lowest BCUT2D eigenvalue weighted by molar-refractivity contribution is -0.150. The number of hydrogen-bond acceptors (Lipinski definition) is 3. The van der Waals surface area contributed by atoms with Crippen molar-refractivity contribution in [3.8, 4) is 0 Å². The van der Waals surface area contributed by atoms with E-state index in [0.717, 1.165) is 6.42 Å². The number of piperazine rings is 1. The zero-order valence-corrected chi connectivity index (χ0v) is 11.7. The van der Waals surface area contributed by atoms with Crippen LogP contribution < -0.4 is 5.32 Å². The number of nitrogens with zero attached hydrogens (tertiary/aromatic N) is 1. The second-order valence-corrected chi connectivity index (χ2v) is 4.78. The average Bonchev–Trinajstić information content (AvgIpc) is 2.37. The van der Waals surface area contributed by atoms with Gasteiger partial charge in [-0.3, -0.25) is 9.59 Å². The van der Waals surface area contributed by atoms with Crippen molar-refractivity contribution in [3.05, 3.63) is 0 Å². The molecule has 1 saturated heterocycles. The van der Waals surface area contributed by atoms with E-state index in [0.29, 0.717) is 19.8 Å². The van der Waals surface area contributed by atoms with E-state index in [1.807, 2.05) is 20.8 Å². The molecule has 0 aliphatic carbocycles. The number of amides is 2. The summed E-state index contributed by atoms with van der Waals surface area (Å²) >= 11 is 0. The highest BCUT2D eigenvalue weighted by atomic mass is 16.5. The molecule has 0 radical (unpaired) electrons. The van der Waals surface area contributed by atoms with Gasteiger partial charge in [0.15, 0.2) is 0 Å². The second kappa shape index (κ2) is 6.73. The lowest BCUT2D eigenvalue weighted by Crippen LogP contribution is -2.64. The number of hydrogen-bond donors (Lipinski definition) is 1. The molecular weight excluding hydrogens is 232 g/mol. The molecule has 0 bridgehead atoms. The van der Waals surface area contributed by atoms with Crippen LogP contribution in [0.3, 0.4) is 0 Å². The molecule has 3 unspecified atom stereocenters. The highest BCUT2D eigenvalue weighted by molar-refractivity contribution is 5.96. The lowest BCUT2D eigenvalue weighted by atomic mass is 9.94. The van der Waals surface area contributed by atoms with Crippen LogP contribution in [-0.2, 0) is 14.3 Å². The first-order valence-electron chi connectivity index (χ1n) is 6.71. The molecular formula is C13H24N2O3. The van der Waals surface area contributed by atoms with Crippen molar-refractivity contribution >= 4 is 11.8 Å². The summed E-state index contributed by atoms with van der Waals surface area (Å²) in [5, 5.41) is 2.82. The number of ether oxygens (including phenoxy) is 1. The fourth-order valence-corrected chi connectivity index (χ4v) is 2.08. The van der Waals surface area contributed by atoms with Crippen LogP contribution in [0.1, 0.15) is 34.1 Å². The molecule has 0 aromatic heterocycles. The van der Waals surface area contributed by atoms with Gasteiger partial charge in [0.1, 0.15) is 12.1 Å². The third kappa shape index (κ3) is 3.22. The van der Waals surface area contributed by atoms with E-state index >= 15 is 0 Å². The van der Waals surface area contributed by atoms with Gasteiger partial charge in [0, 0.05) is 13.2 Å². The molecule has 3 atom stereocenters. The zero-order valence-electron chi connectivity index (χ0n) is 11.7. The zero-order chi connectivity index (χ0) is 13.7. The Balaban J connectivity index is 2.72. The van der Waals surface area contributed by atoms with E-state index < -0.39 is 6.04 Å². The molecule has 0 aromatic carbocycles. The Morgan fingerprint density at radius 1 is 1.39 bits per heavy atom. The summed E-state index contributed by atoms with van der Waals surface area (Å²) in [7, 11) is 0. The predicted octanol–water partition coefficient (Wildman–Crippen LogP) is 0.784. The van der Waals surface area contributed by atoms with E-state index in [-0.39, 0.29) is 23.8 Å². The predicted molar refractivity (Wildman–Crippen MR) is 69.1 cm³/mol. The van der Waals surface area contributed by atoms with Crippen molar-refractivity contribution in [1.29, 1.82) is 0 Å². The molecule has 5 heteroatoms. The number of carbonyl (C=O) groups excluding carboxylic acids is 2. The second-order valence-electron chi connectivity index (χ2n) is 4.78. The minimum Gasteiger partial charge on any atom is -0.380 e. The summed E-state index contributed by atoms with van der Waals surface area (Å²) in [6.07, 6.45) is 0.865. The minimum absolute atomic E-state index is 0.0103. The van der Waals surface area contributed by atoms with Crippen LogP contribution in [-0.4, -0.2) is 48.6 Å². The molecule has 1 N–H and O–H groups in total. The van der Waals surface area contributed by atoms with E-state index in [9.17, 15) is 9.59 Å². The summed E-state index contributed by atoms with van der Waals surface area (Å²) in [4.78, 5) is 25.8. The molecule has 1 aliphatic rings. The van der Waals surface area contributed by atoms with Crippen molar-refractivity contribution in [2.75, 3.05) is 19.8 Å². The van der Waals surface area contributed by atoms with Crippen molar-refractivity contribution < 1.29 is 14.3 Å². The van der Waals surface area contributed by atoms with Crippen LogP contribution >= 0.6 is 0 Å². The topological polar surface area (TPSA) is 58.6 Å². The Morgan fingerprint density at radius 2 is 2.06 bits per heavy atom. The molecule has 0 aromatic rings. The molecule has 1 rings (SSSR count).